The van der Waals surface area contributed by atoms with Gasteiger partial charge in [-0.1, -0.05) is 68.7 Å². The fraction of sp³-hybridized carbons (Fsp3) is 0.474. The van der Waals surface area contributed by atoms with E-state index in [2.05, 4.69) is 50.3 Å². The first-order valence-electron chi connectivity index (χ1n) is 7.82. The third-order valence-electron chi connectivity index (χ3n) is 3.90. The molecule has 0 spiro atoms. The first-order chi connectivity index (χ1) is 9.33. The molecule has 1 aromatic carbocycles. The molecule has 0 bridgehead atoms. The zero-order chi connectivity index (χ0) is 13.5. The smallest absolute Gasteiger partial charge is 0.0126 e. The molecule has 19 heavy (non-hydrogen) atoms. The van der Waals surface area contributed by atoms with Gasteiger partial charge < -0.3 is 0 Å². The Labute approximate surface area is 118 Å². The molecule has 0 heteroatoms. The molecular formula is C19H26. The van der Waals surface area contributed by atoms with Crippen molar-refractivity contribution in [2.24, 2.45) is 0 Å². The fourth-order valence-electron chi connectivity index (χ4n) is 2.60. The predicted molar refractivity (Wildman–Crippen MR) is 85.3 cm³/mol. The first-order valence-corrected chi connectivity index (χ1v) is 7.82. The summed E-state index contributed by atoms with van der Waals surface area (Å²) < 4.78 is 0. The maximum atomic E-state index is 2.40. The minimum atomic E-state index is 1.16. The van der Waals surface area contributed by atoms with Crippen molar-refractivity contribution in [1.29, 1.82) is 0 Å². The molecule has 0 unspecified atom stereocenters. The number of benzene rings is 1. The van der Waals surface area contributed by atoms with Gasteiger partial charge in [0.1, 0.15) is 0 Å². The summed E-state index contributed by atoms with van der Waals surface area (Å²) in [4.78, 5) is 0. The van der Waals surface area contributed by atoms with Crippen LogP contribution in [0.2, 0.25) is 0 Å². The molecule has 0 amide bonds. The lowest BCUT2D eigenvalue weighted by Crippen LogP contribution is -1.86. The quantitative estimate of drug-likeness (QED) is 0.565. The van der Waals surface area contributed by atoms with Crippen LogP contribution in [-0.4, -0.2) is 0 Å². The van der Waals surface area contributed by atoms with Crippen molar-refractivity contribution in [3.05, 3.63) is 53.1 Å². The van der Waals surface area contributed by atoms with Crippen LogP contribution in [-0.2, 0) is 6.42 Å². The van der Waals surface area contributed by atoms with Gasteiger partial charge in [0.05, 0.1) is 0 Å². The monoisotopic (exact) mass is 254 g/mol. The third-order valence-corrected chi connectivity index (χ3v) is 3.90. The van der Waals surface area contributed by atoms with Gasteiger partial charge in [0.15, 0.2) is 0 Å². The van der Waals surface area contributed by atoms with E-state index in [-0.39, 0.29) is 0 Å². The molecule has 0 saturated heterocycles. The summed E-state index contributed by atoms with van der Waals surface area (Å²) in [6, 6.07) is 9.17. The number of unbranched alkanes of at least 4 members (excludes halogenated alkanes) is 2. The Balaban J connectivity index is 1.97. The summed E-state index contributed by atoms with van der Waals surface area (Å²) in [6.07, 6.45) is 13.6. The van der Waals surface area contributed by atoms with Crippen LogP contribution in [0.25, 0.3) is 5.57 Å². The van der Waals surface area contributed by atoms with Gasteiger partial charge in [0.25, 0.3) is 0 Å². The highest BCUT2D eigenvalue weighted by atomic mass is 14.1. The van der Waals surface area contributed by atoms with Crippen molar-refractivity contribution in [2.45, 2.75) is 58.8 Å². The van der Waals surface area contributed by atoms with Crippen molar-refractivity contribution in [3.63, 3.8) is 0 Å². The average Bonchev–Trinajstić information content (AvgIpc) is 2.92. The Kier molecular flexibility index (Phi) is 5.44. The number of hydrogen-bond donors (Lipinski definition) is 0. The first kappa shape index (κ1) is 14.1. The summed E-state index contributed by atoms with van der Waals surface area (Å²) in [6.45, 7) is 4.51. The summed E-state index contributed by atoms with van der Waals surface area (Å²) in [5.41, 5.74) is 5.88. The maximum absolute atomic E-state index is 2.40. The Morgan fingerprint density at radius 2 is 1.58 bits per heavy atom. The van der Waals surface area contributed by atoms with Gasteiger partial charge in [0, 0.05) is 0 Å². The number of hydrogen-bond acceptors (Lipinski definition) is 0. The summed E-state index contributed by atoms with van der Waals surface area (Å²) in [5.74, 6) is 0. The van der Waals surface area contributed by atoms with E-state index in [1.165, 1.54) is 55.2 Å². The molecule has 0 N–H and O–H groups in total. The molecular weight excluding hydrogens is 228 g/mol. The van der Waals surface area contributed by atoms with Gasteiger partial charge >= 0.3 is 0 Å². The normalized spacial score (nSPS) is 14.4. The van der Waals surface area contributed by atoms with Gasteiger partial charge in [-0.05, 0) is 48.8 Å². The van der Waals surface area contributed by atoms with Crippen LogP contribution in [0.1, 0.15) is 63.5 Å². The highest BCUT2D eigenvalue weighted by Crippen LogP contribution is 2.29. The molecule has 0 heterocycles. The Hall–Kier alpha value is -1.30. The topological polar surface area (TPSA) is 0 Å². The second-order valence-electron chi connectivity index (χ2n) is 5.57. The minimum Gasteiger partial charge on any atom is -0.0726 e. The zero-order valence-electron chi connectivity index (χ0n) is 12.4. The van der Waals surface area contributed by atoms with Gasteiger partial charge in [-0.2, -0.15) is 0 Å². The van der Waals surface area contributed by atoms with E-state index < -0.39 is 0 Å². The molecule has 0 nitrogen and oxygen atoms in total. The minimum absolute atomic E-state index is 1.16. The largest absolute Gasteiger partial charge is 0.0726 e. The van der Waals surface area contributed by atoms with Crippen LogP contribution < -0.4 is 0 Å². The van der Waals surface area contributed by atoms with Crippen LogP contribution in [0, 0.1) is 0 Å². The second-order valence-corrected chi connectivity index (χ2v) is 5.57. The molecule has 1 aliphatic carbocycles. The van der Waals surface area contributed by atoms with E-state index in [0.717, 1.165) is 6.42 Å². The second kappa shape index (κ2) is 7.33. The maximum Gasteiger partial charge on any atom is -0.0126 e. The van der Waals surface area contributed by atoms with Gasteiger partial charge in [-0.15, -0.1) is 0 Å². The Morgan fingerprint density at radius 1 is 0.895 bits per heavy atom. The van der Waals surface area contributed by atoms with E-state index in [1.807, 2.05) is 0 Å². The van der Waals surface area contributed by atoms with Gasteiger partial charge in [0.2, 0.25) is 0 Å². The number of rotatable bonds is 7. The lowest BCUT2D eigenvalue weighted by atomic mass is 10.0. The molecule has 0 saturated carbocycles. The lowest BCUT2D eigenvalue weighted by molar-refractivity contribution is 0.779. The number of allylic oxidation sites excluding steroid dienone is 4. The molecule has 1 aliphatic rings. The van der Waals surface area contributed by atoms with E-state index in [0.29, 0.717) is 0 Å². The van der Waals surface area contributed by atoms with Crippen molar-refractivity contribution in [2.75, 3.05) is 0 Å². The van der Waals surface area contributed by atoms with Gasteiger partial charge in [-0.25, -0.2) is 0 Å². The van der Waals surface area contributed by atoms with Crippen molar-refractivity contribution >= 4 is 5.57 Å². The van der Waals surface area contributed by atoms with Crippen molar-refractivity contribution < 1.29 is 0 Å². The highest BCUT2D eigenvalue weighted by Gasteiger charge is 2.08. The summed E-state index contributed by atoms with van der Waals surface area (Å²) in [5, 5.41) is 0. The molecule has 0 fully saturated rings. The molecule has 0 radical (unpaired) electrons. The van der Waals surface area contributed by atoms with Crippen LogP contribution in [0.4, 0.5) is 0 Å². The average molecular weight is 254 g/mol. The molecule has 0 aliphatic heterocycles. The molecule has 102 valence electrons. The van der Waals surface area contributed by atoms with E-state index >= 15 is 0 Å². The van der Waals surface area contributed by atoms with Crippen LogP contribution in [0.5, 0.6) is 0 Å². The SMILES string of the molecule is CCCCC1=CC(c2ccc(CCCC)cc2)=CC1. The van der Waals surface area contributed by atoms with Crippen molar-refractivity contribution in [3.8, 4) is 0 Å². The summed E-state index contributed by atoms with van der Waals surface area (Å²) in [7, 11) is 0. The van der Waals surface area contributed by atoms with Crippen LogP contribution in [0.15, 0.2) is 42.0 Å². The van der Waals surface area contributed by atoms with Crippen LogP contribution >= 0.6 is 0 Å². The Morgan fingerprint density at radius 3 is 2.26 bits per heavy atom. The van der Waals surface area contributed by atoms with E-state index in [4.69, 9.17) is 0 Å². The van der Waals surface area contributed by atoms with Gasteiger partial charge in [-0.3, -0.25) is 0 Å². The van der Waals surface area contributed by atoms with E-state index in [1.54, 1.807) is 5.57 Å². The third kappa shape index (κ3) is 4.09. The fourth-order valence-corrected chi connectivity index (χ4v) is 2.60. The predicted octanol–water partition coefficient (Wildman–Crippen LogP) is 5.93. The molecule has 0 aromatic heterocycles. The standard InChI is InChI=1S/C19H26/c1-3-5-7-16-9-12-18(13-10-16)19-14-11-17(15-19)8-6-4-2/h9-10,12-15H,3-8,11H2,1-2H3. The zero-order valence-corrected chi connectivity index (χ0v) is 12.4. The molecule has 0 atom stereocenters. The Bertz CT molecular complexity index is 445. The van der Waals surface area contributed by atoms with Crippen molar-refractivity contribution in [1.82, 2.24) is 0 Å². The molecule has 1 aromatic rings. The summed E-state index contributed by atoms with van der Waals surface area (Å²) >= 11 is 0. The number of aryl methyl sites for hydroxylation is 1. The highest BCUT2D eigenvalue weighted by molar-refractivity contribution is 5.77. The van der Waals surface area contributed by atoms with Crippen LogP contribution in [0.3, 0.4) is 0 Å². The molecule has 2 rings (SSSR count). The van der Waals surface area contributed by atoms with E-state index in [9.17, 15) is 0 Å². The lowest BCUT2D eigenvalue weighted by Gasteiger charge is -2.03.